The minimum Gasteiger partial charge on any atom is -0.740 e. The first-order chi connectivity index (χ1) is 15.0. The molecule has 0 amide bonds. The molecule has 31 heavy (non-hydrogen) atoms. The fraction of sp³-hybridized carbons (Fsp3) is 0.182. The number of hydrogen-bond donors (Lipinski definition) is 0. The normalized spacial score (nSPS) is 11.7. The Hall–Kier alpha value is -2.80. The van der Waals surface area contributed by atoms with Crippen molar-refractivity contribution >= 4 is 35.2 Å². The maximum Gasteiger partial charge on any atom is 0.147 e. The molecular formula is C22H22O7PS-. The molecule has 0 aromatic heterocycles. The smallest absolute Gasteiger partial charge is 0.147 e. The van der Waals surface area contributed by atoms with Crippen LogP contribution in [0.5, 0.6) is 28.7 Å². The van der Waals surface area contributed by atoms with Crippen molar-refractivity contribution in [1.82, 2.24) is 0 Å². The molecule has 3 rings (SSSR count). The first-order valence-corrected chi connectivity index (χ1v) is 11.5. The SMILES string of the molecule is COc1ccc(P(c2ccc(OC)cc2OC)c2ccccc2OS(=O)[O-])c(OC)c1. The van der Waals surface area contributed by atoms with Gasteiger partial charge in [0, 0.05) is 28.0 Å². The molecule has 0 aliphatic heterocycles. The molecule has 0 aliphatic rings. The lowest BCUT2D eigenvalue weighted by Crippen LogP contribution is -2.25. The Morgan fingerprint density at radius 1 is 0.677 bits per heavy atom. The zero-order valence-corrected chi connectivity index (χ0v) is 19.2. The van der Waals surface area contributed by atoms with Crippen LogP contribution in [0.3, 0.4) is 0 Å². The van der Waals surface area contributed by atoms with Gasteiger partial charge in [-0.25, -0.2) is 4.21 Å². The molecule has 3 aromatic carbocycles. The zero-order chi connectivity index (χ0) is 22.4. The number of ether oxygens (including phenoxy) is 4. The van der Waals surface area contributed by atoms with Gasteiger partial charge in [-0.1, -0.05) is 18.2 Å². The summed E-state index contributed by atoms with van der Waals surface area (Å²) in [6.45, 7) is 0. The molecule has 0 bridgehead atoms. The van der Waals surface area contributed by atoms with Gasteiger partial charge in [0.1, 0.15) is 40.1 Å². The standard InChI is InChI=1S/C22H23O7PS/c1-25-15-9-11-21(18(13-15)27-3)30(20-8-6-5-7-17(20)29-31(23)24)22-12-10-16(26-2)14-19(22)28-4/h5-14H,1-4H3,(H,23,24)/p-1. The summed E-state index contributed by atoms with van der Waals surface area (Å²) >= 11 is -2.72. The largest absolute Gasteiger partial charge is 0.740 e. The second-order valence-electron chi connectivity index (χ2n) is 6.17. The van der Waals surface area contributed by atoms with Crippen molar-refractivity contribution in [2.45, 2.75) is 0 Å². The van der Waals surface area contributed by atoms with Gasteiger partial charge in [-0.05, 0) is 38.3 Å². The predicted octanol–water partition coefficient (Wildman–Crippen LogP) is 2.65. The summed E-state index contributed by atoms with van der Waals surface area (Å²) in [4.78, 5) is 0. The van der Waals surface area contributed by atoms with Gasteiger partial charge >= 0.3 is 0 Å². The van der Waals surface area contributed by atoms with Gasteiger partial charge in [-0.3, -0.25) is 0 Å². The van der Waals surface area contributed by atoms with Crippen molar-refractivity contribution < 1.29 is 31.9 Å². The van der Waals surface area contributed by atoms with E-state index in [0.29, 0.717) is 28.3 Å². The quantitative estimate of drug-likeness (QED) is 0.358. The minimum atomic E-state index is -2.72. The van der Waals surface area contributed by atoms with Crippen LogP contribution in [-0.4, -0.2) is 37.2 Å². The molecule has 0 fully saturated rings. The van der Waals surface area contributed by atoms with Gasteiger partial charge in [0.05, 0.1) is 28.4 Å². The summed E-state index contributed by atoms with van der Waals surface area (Å²) in [6, 6.07) is 18.0. The Kier molecular flexibility index (Phi) is 7.74. The van der Waals surface area contributed by atoms with E-state index in [2.05, 4.69) is 0 Å². The summed E-state index contributed by atoms with van der Waals surface area (Å²) < 4.78 is 49.8. The Bertz CT molecular complexity index is 1020. The lowest BCUT2D eigenvalue weighted by atomic mass is 10.3. The zero-order valence-electron chi connectivity index (χ0n) is 17.5. The maximum atomic E-state index is 11.3. The van der Waals surface area contributed by atoms with Crippen molar-refractivity contribution in [3.63, 3.8) is 0 Å². The highest BCUT2D eigenvalue weighted by atomic mass is 32.2. The van der Waals surface area contributed by atoms with E-state index in [1.807, 2.05) is 36.4 Å². The second kappa shape index (κ2) is 10.5. The molecule has 0 spiro atoms. The molecule has 0 saturated heterocycles. The average molecular weight is 461 g/mol. The van der Waals surface area contributed by atoms with Gasteiger partial charge < -0.3 is 27.7 Å². The average Bonchev–Trinajstić information content (AvgIpc) is 2.80. The Balaban J connectivity index is 2.31. The maximum absolute atomic E-state index is 11.3. The fourth-order valence-electron chi connectivity index (χ4n) is 3.11. The van der Waals surface area contributed by atoms with Crippen molar-refractivity contribution in [1.29, 1.82) is 0 Å². The molecule has 9 heteroatoms. The molecule has 0 aliphatic carbocycles. The molecule has 1 atom stereocenters. The molecule has 0 N–H and O–H groups in total. The number of rotatable bonds is 9. The summed E-state index contributed by atoms with van der Waals surface area (Å²) in [6.07, 6.45) is 0. The highest BCUT2D eigenvalue weighted by Crippen LogP contribution is 2.43. The molecule has 3 aromatic rings. The molecule has 1 unspecified atom stereocenters. The van der Waals surface area contributed by atoms with E-state index in [1.165, 1.54) is 0 Å². The van der Waals surface area contributed by atoms with Crippen LogP contribution in [0.2, 0.25) is 0 Å². The number of methoxy groups -OCH3 is 4. The van der Waals surface area contributed by atoms with E-state index in [9.17, 15) is 8.76 Å². The Morgan fingerprint density at radius 2 is 1.16 bits per heavy atom. The van der Waals surface area contributed by atoms with Crippen LogP contribution in [0, 0.1) is 0 Å². The number of hydrogen-bond acceptors (Lipinski definition) is 7. The Labute approximate surface area is 185 Å². The number of para-hydroxylation sites is 1. The third-order valence-corrected chi connectivity index (χ3v) is 7.39. The van der Waals surface area contributed by atoms with Crippen LogP contribution < -0.4 is 39.0 Å². The third kappa shape index (κ3) is 5.10. The Morgan fingerprint density at radius 3 is 1.61 bits per heavy atom. The molecule has 0 radical (unpaired) electrons. The second-order valence-corrected chi connectivity index (χ2v) is 8.86. The highest BCUT2D eigenvalue weighted by molar-refractivity contribution is 7.80. The lowest BCUT2D eigenvalue weighted by molar-refractivity contribution is 0.396. The molecule has 0 heterocycles. The van der Waals surface area contributed by atoms with Crippen molar-refractivity contribution in [3.05, 3.63) is 60.7 Å². The molecular weight excluding hydrogens is 439 g/mol. The number of benzene rings is 3. The van der Waals surface area contributed by atoms with Crippen LogP contribution >= 0.6 is 7.92 Å². The van der Waals surface area contributed by atoms with Gasteiger partial charge in [-0.2, -0.15) is 0 Å². The predicted molar refractivity (Wildman–Crippen MR) is 121 cm³/mol. The third-order valence-electron chi connectivity index (χ3n) is 4.52. The highest BCUT2D eigenvalue weighted by Gasteiger charge is 2.27. The van der Waals surface area contributed by atoms with E-state index in [1.54, 1.807) is 52.7 Å². The van der Waals surface area contributed by atoms with Crippen molar-refractivity contribution in [2.75, 3.05) is 28.4 Å². The van der Waals surface area contributed by atoms with Crippen molar-refractivity contribution in [3.8, 4) is 28.7 Å². The van der Waals surface area contributed by atoms with Gasteiger partial charge in [0.15, 0.2) is 0 Å². The van der Waals surface area contributed by atoms with Crippen LogP contribution in [0.4, 0.5) is 0 Å². The van der Waals surface area contributed by atoms with Crippen molar-refractivity contribution in [2.24, 2.45) is 0 Å². The summed E-state index contributed by atoms with van der Waals surface area (Å²) in [5.41, 5.74) is 0. The van der Waals surface area contributed by atoms with Gasteiger partial charge in [-0.15, -0.1) is 0 Å². The molecule has 164 valence electrons. The van der Waals surface area contributed by atoms with E-state index >= 15 is 0 Å². The van der Waals surface area contributed by atoms with E-state index in [4.69, 9.17) is 23.1 Å². The summed E-state index contributed by atoms with van der Waals surface area (Å²) in [5, 5.41) is 2.37. The van der Waals surface area contributed by atoms with Crippen LogP contribution in [0.1, 0.15) is 0 Å². The van der Waals surface area contributed by atoms with E-state index in [-0.39, 0.29) is 5.75 Å². The summed E-state index contributed by atoms with van der Waals surface area (Å²) in [7, 11) is 4.97. The van der Waals surface area contributed by atoms with E-state index in [0.717, 1.165) is 10.6 Å². The van der Waals surface area contributed by atoms with E-state index < -0.39 is 19.3 Å². The summed E-state index contributed by atoms with van der Waals surface area (Å²) in [5.74, 6) is 2.71. The van der Waals surface area contributed by atoms with Crippen LogP contribution in [0.25, 0.3) is 0 Å². The minimum absolute atomic E-state index is 0.234. The molecule has 0 saturated carbocycles. The first kappa shape index (κ1) is 22.9. The fourth-order valence-corrected chi connectivity index (χ4v) is 6.02. The lowest BCUT2D eigenvalue weighted by Gasteiger charge is -2.25. The monoisotopic (exact) mass is 461 g/mol. The van der Waals surface area contributed by atoms with Gasteiger partial charge in [0.25, 0.3) is 0 Å². The molecule has 7 nitrogen and oxygen atoms in total. The van der Waals surface area contributed by atoms with Gasteiger partial charge in [0.2, 0.25) is 0 Å². The van der Waals surface area contributed by atoms with Crippen LogP contribution in [-0.2, 0) is 11.4 Å². The first-order valence-electron chi connectivity index (χ1n) is 9.13. The van der Waals surface area contributed by atoms with Crippen LogP contribution in [0.15, 0.2) is 60.7 Å². The topological polar surface area (TPSA) is 86.3 Å².